The topological polar surface area (TPSA) is 96.6 Å². The lowest BCUT2D eigenvalue weighted by molar-refractivity contribution is 0.0410. The number of ether oxygens (including phenoxy) is 1. The molecule has 0 bridgehead atoms. The summed E-state index contributed by atoms with van der Waals surface area (Å²) in [7, 11) is 0. The highest BCUT2D eigenvalue weighted by molar-refractivity contribution is 5.68. The van der Waals surface area contributed by atoms with Gasteiger partial charge in [0.15, 0.2) is 0 Å². The van der Waals surface area contributed by atoms with E-state index in [4.69, 9.17) is 9.26 Å². The van der Waals surface area contributed by atoms with Crippen molar-refractivity contribution in [3.05, 3.63) is 88.3 Å². The van der Waals surface area contributed by atoms with Gasteiger partial charge in [-0.1, -0.05) is 50.2 Å². The second kappa shape index (κ2) is 11.9. The molecule has 1 aromatic heterocycles. The molecular weight excluding hydrogens is 528 g/mol. The first-order valence-electron chi connectivity index (χ1n) is 14.0. The van der Waals surface area contributed by atoms with Crippen LogP contribution in [0, 0.1) is 11.6 Å². The van der Waals surface area contributed by atoms with Crippen molar-refractivity contribution in [2.45, 2.75) is 95.9 Å². The maximum Gasteiger partial charge on any atom is 0.407 e. The third-order valence-corrected chi connectivity index (χ3v) is 7.48. The average molecular weight is 570 g/mol. The number of fused-ring (bicyclic) bond motifs is 1. The van der Waals surface area contributed by atoms with Gasteiger partial charge in [0.05, 0.1) is 18.3 Å². The van der Waals surface area contributed by atoms with Crippen LogP contribution in [-0.2, 0) is 35.0 Å². The van der Waals surface area contributed by atoms with E-state index < -0.39 is 41.0 Å². The molecule has 7 nitrogen and oxygen atoms in total. The quantitative estimate of drug-likeness (QED) is 0.321. The maximum absolute atomic E-state index is 14.0. The van der Waals surface area contributed by atoms with Crippen LogP contribution >= 0.6 is 0 Å². The number of aryl methyl sites for hydroxylation is 1. The average Bonchev–Trinajstić information content (AvgIpc) is 3.32. The first-order chi connectivity index (χ1) is 19.1. The summed E-state index contributed by atoms with van der Waals surface area (Å²) in [5.74, 6) is -0.603. The van der Waals surface area contributed by atoms with E-state index in [1.165, 1.54) is 17.7 Å². The maximum atomic E-state index is 14.0. The summed E-state index contributed by atoms with van der Waals surface area (Å²) < 4.78 is 38.8. The molecule has 3 N–H and O–H groups in total. The van der Waals surface area contributed by atoms with Crippen LogP contribution in [0.1, 0.15) is 76.0 Å². The lowest BCUT2D eigenvalue weighted by atomic mass is 9.74. The second-order valence-electron chi connectivity index (χ2n) is 13.0. The van der Waals surface area contributed by atoms with Gasteiger partial charge in [-0.05, 0) is 74.3 Å². The Morgan fingerprint density at radius 3 is 2.49 bits per heavy atom. The van der Waals surface area contributed by atoms with E-state index in [0.29, 0.717) is 24.8 Å². The van der Waals surface area contributed by atoms with Gasteiger partial charge in [0, 0.05) is 30.1 Å². The van der Waals surface area contributed by atoms with Crippen molar-refractivity contribution in [2.75, 3.05) is 6.54 Å². The van der Waals surface area contributed by atoms with Crippen LogP contribution in [0.4, 0.5) is 13.6 Å². The van der Waals surface area contributed by atoms with Crippen molar-refractivity contribution >= 4 is 6.09 Å². The minimum atomic E-state index is -1.11. The van der Waals surface area contributed by atoms with Crippen molar-refractivity contribution in [1.29, 1.82) is 0 Å². The second-order valence-corrected chi connectivity index (χ2v) is 13.0. The van der Waals surface area contributed by atoms with Gasteiger partial charge in [0.25, 0.3) is 0 Å². The SMILES string of the molecule is CC(C)(C)OC(=O)N[C@@H](Cc1cc(F)cc(F)c1)[C@H](O)CNC1(c2cccc(C(C)(C)C)c2)CCc2oncc2C1. The van der Waals surface area contributed by atoms with Crippen molar-refractivity contribution in [3.8, 4) is 0 Å². The zero-order chi connectivity index (χ0) is 30.0. The molecule has 3 aromatic rings. The highest BCUT2D eigenvalue weighted by Crippen LogP contribution is 2.38. The number of carbonyl (C=O) groups is 1. The molecule has 1 aliphatic carbocycles. The van der Waals surface area contributed by atoms with Crippen LogP contribution in [0.3, 0.4) is 0 Å². The van der Waals surface area contributed by atoms with E-state index in [0.717, 1.165) is 23.0 Å². The highest BCUT2D eigenvalue weighted by atomic mass is 19.1. The molecule has 0 radical (unpaired) electrons. The number of aliphatic hydroxyl groups is 1. The molecule has 1 unspecified atom stereocenters. The zero-order valence-corrected chi connectivity index (χ0v) is 24.7. The van der Waals surface area contributed by atoms with Gasteiger partial charge in [-0.3, -0.25) is 0 Å². The van der Waals surface area contributed by atoms with Gasteiger partial charge < -0.3 is 25.0 Å². The van der Waals surface area contributed by atoms with Crippen LogP contribution in [-0.4, -0.2) is 40.6 Å². The number of nitrogens with zero attached hydrogens (tertiary/aromatic N) is 1. The molecule has 41 heavy (non-hydrogen) atoms. The summed E-state index contributed by atoms with van der Waals surface area (Å²) >= 11 is 0. The number of aliphatic hydroxyl groups excluding tert-OH is 1. The number of aromatic nitrogens is 1. The monoisotopic (exact) mass is 569 g/mol. The number of amides is 1. The first-order valence-corrected chi connectivity index (χ1v) is 14.0. The van der Waals surface area contributed by atoms with Crippen LogP contribution in [0.2, 0.25) is 0 Å². The number of carbonyl (C=O) groups excluding carboxylic acids is 1. The number of hydrogen-bond acceptors (Lipinski definition) is 6. The Morgan fingerprint density at radius 1 is 1.12 bits per heavy atom. The molecule has 0 saturated heterocycles. The van der Waals surface area contributed by atoms with Crippen molar-refractivity contribution in [3.63, 3.8) is 0 Å². The molecule has 1 amide bonds. The number of benzene rings is 2. The smallest absolute Gasteiger partial charge is 0.407 e. The largest absolute Gasteiger partial charge is 0.444 e. The Bertz CT molecular complexity index is 1340. The molecule has 4 rings (SSSR count). The third kappa shape index (κ3) is 7.92. The molecule has 2 aromatic carbocycles. The van der Waals surface area contributed by atoms with E-state index in [-0.39, 0.29) is 18.4 Å². The molecule has 0 saturated carbocycles. The minimum Gasteiger partial charge on any atom is -0.444 e. The van der Waals surface area contributed by atoms with Crippen LogP contribution in [0.25, 0.3) is 0 Å². The summed E-state index contributed by atoms with van der Waals surface area (Å²) in [6.07, 6.45) is 1.87. The molecule has 222 valence electrons. The van der Waals surface area contributed by atoms with Crippen LogP contribution in [0.15, 0.2) is 53.2 Å². The summed E-state index contributed by atoms with van der Waals surface area (Å²) in [5.41, 5.74) is 2.21. The molecule has 1 aliphatic rings. The molecular formula is C32H41F2N3O4. The fraction of sp³-hybridized carbons (Fsp3) is 0.500. The van der Waals surface area contributed by atoms with E-state index in [1.807, 2.05) is 6.07 Å². The molecule has 0 fully saturated rings. The molecule has 1 heterocycles. The molecule has 0 spiro atoms. The fourth-order valence-corrected chi connectivity index (χ4v) is 5.32. The third-order valence-electron chi connectivity index (χ3n) is 7.48. The van der Waals surface area contributed by atoms with E-state index in [9.17, 15) is 18.7 Å². The number of nitrogens with one attached hydrogen (secondary N) is 2. The lowest BCUT2D eigenvalue weighted by Crippen LogP contribution is -2.54. The van der Waals surface area contributed by atoms with Crippen LogP contribution in [0.5, 0.6) is 0 Å². The number of rotatable bonds is 8. The predicted octanol–water partition coefficient (Wildman–Crippen LogP) is 5.72. The Labute approximate surface area is 240 Å². The van der Waals surface area contributed by atoms with Gasteiger partial charge in [-0.2, -0.15) is 0 Å². The van der Waals surface area contributed by atoms with Crippen LogP contribution < -0.4 is 10.6 Å². The van der Waals surface area contributed by atoms with Gasteiger partial charge in [0.1, 0.15) is 23.0 Å². The summed E-state index contributed by atoms with van der Waals surface area (Å²) in [5, 5.41) is 21.8. The first kappa shape index (κ1) is 30.7. The van der Waals surface area contributed by atoms with Gasteiger partial charge in [0.2, 0.25) is 0 Å². The summed E-state index contributed by atoms with van der Waals surface area (Å²) in [4.78, 5) is 12.7. The van der Waals surface area contributed by atoms with Gasteiger partial charge in [-0.25, -0.2) is 13.6 Å². The Hall–Kier alpha value is -3.30. The zero-order valence-electron chi connectivity index (χ0n) is 24.7. The Kier molecular flexibility index (Phi) is 8.90. The van der Waals surface area contributed by atoms with Crippen molar-refractivity contribution in [2.24, 2.45) is 0 Å². The highest BCUT2D eigenvalue weighted by Gasteiger charge is 2.39. The molecule has 3 atom stereocenters. The fourth-order valence-electron chi connectivity index (χ4n) is 5.32. The predicted molar refractivity (Wildman–Crippen MR) is 153 cm³/mol. The molecule has 0 aliphatic heterocycles. The Balaban J connectivity index is 1.61. The number of alkyl carbamates (subject to hydrolysis) is 1. The number of hydrogen-bond donors (Lipinski definition) is 3. The van der Waals surface area contributed by atoms with E-state index in [2.05, 4.69) is 54.8 Å². The van der Waals surface area contributed by atoms with E-state index >= 15 is 0 Å². The molecule has 9 heteroatoms. The summed E-state index contributed by atoms with van der Waals surface area (Å²) in [6.45, 7) is 11.8. The Morgan fingerprint density at radius 2 is 1.83 bits per heavy atom. The number of halogens is 2. The van der Waals surface area contributed by atoms with Crippen molar-refractivity contribution < 1.29 is 27.9 Å². The van der Waals surface area contributed by atoms with Gasteiger partial charge >= 0.3 is 6.09 Å². The minimum absolute atomic E-state index is 0.000915. The van der Waals surface area contributed by atoms with E-state index in [1.54, 1.807) is 27.0 Å². The summed E-state index contributed by atoms with van der Waals surface area (Å²) in [6, 6.07) is 10.7. The lowest BCUT2D eigenvalue weighted by Gasteiger charge is -2.40. The van der Waals surface area contributed by atoms with Gasteiger partial charge in [-0.15, -0.1) is 0 Å². The standard InChI is InChI=1S/C32H41F2N3O4/c1-30(2,3)22-8-7-9-23(15-22)32(11-10-28-21(17-32)18-36-41-28)35-19-27(38)26(37-29(39)40-31(4,5)6)14-20-12-24(33)16-25(34)13-20/h7-9,12-13,15-16,18,26-27,35,38H,10-11,14,17,19H2,1-6H3,(H,37,39)/t26-,27+,32?/m0/s1. The van der Waals surface area contributed by atoms with Crippen molar-refractivity contribution in [1.82, 2.24) is 15.8 Å². The normalized spacial score (nSPS) is 18.9.